The molecule has 3 rings (SSSR count). The zero-order valence-electron chi connectivity index (χ0n) is 17.3. The van der Waals surface area contributed by atoms with E-state index in [0.717, 1.165) is 18.8 Å². The maximum atomic E-state index is 14.1. The van der Waals surface area contributed by atoms with Crippen molar-refractivity contribution in [2.45, 2.75) is 57.8 Å². The molecule has 6 heteroatoms. The molecule has 1 aliphatic rings. The van der Waals surface area contributed by atoms with Crippen molar-refractivity contribution in [3.05, 3.63) is 64.2 Å². The zero-order chi connectivity index (χ0) is 22.4. The first-order valence-corrected chi connectivity index (χ1v) is 10.9. The lowest BCUT2D eigenvalue weighted by Gasteiger charge is -2.28. The molecule has 162 valence electrons. The summed E-state index contributed by atoms with van der Waals surface area (Å²) in [6.45, 7) is 2.22. The summed E-state index contributed by atoms with van der Waals surface area (Å²) < 4.78 is 56.2. The molecular formula is C25H23F4NS. The highest BCUT2D eigenvalue weighted by Gasteiger charge is 2.24. The Morgan fingerprint density at radius 3 is 2.06 bits per heavy atom. The van der Waals surface area contributed by atoms with E-state index in [2.05, 4.69) is 36.0 Å². The second kappa shape index (κ2) is 10.7. The number of thiocarbonyl (C=S) groups is 1. The van der Waals surface area contributed by atoms with Crippen molar-refractivity contribution in [1.82, 2.24) is 0 Å². The SMILES string of the molecule is CCCCC1CCC(c2ccc(C#Cc3c(F)c(F)c(N=C=S)c(F)c3F)cc2)CC1. The Kier molecular flexibility index (Phi) is 8.01. The number of benzene rings is 2. The summed E-state index contributed by atoms with van der Waals surface area (Å²) in [5.41, 5.74) is -0.408. The van der Waals surface area contributed by atoms with Crippen molar-refractivity contribution in [1.29, 1.82) is 0 Å². The van der Waals surface area contributed by atoms with Gasteiger partial charge in [0.05, 0.1) is 5.16 Å². The molecule has 2 aromatic rings. The van der Waals surface area contributed by atoms with Gasteiger partial charge in [-0.2, -0.15) is 4.99 Å². The predicted octanol–water partition coefficient (Wildman–Crippen LogP) is 7.84. The van der Waals surface area contributed by atoms with Gasteiger partial charge >= 0.3 is 0 Å². The number of halogens is 4. The van der Waals surface area contributed by atoms with Crippen LogP contribution in [0.4, 0.5) is 23.2 Å². The van der Waals surface area contributed by atoms with Crippen LogP contribution in [-0.2, 0) is 0 Å². The van der Waals surface area contributed by atoms with Crippen molar-refractivity contribution in [3.8, 4) is 11.8 Å². The summed E-state index contributed by atoms with van der Waals surface area (Å²) in [7, 11) is 0. The van der Waals surface area contributed by atoms with Gasteiger partial charge in [-0.3, -0.25) is 0 Å². The van der Waals surface area contributed by atoms with Crippen LogP contribution >= 0.6 is 12.2 Å². The summed E-state index contributed by atoms with van der Waals surface area (Å²) in [6, 6.07) is 7.45. The number of rotatable bonds is 5. The maximum absolute atomic E-state index is 14.1. The predicted molar refractivity (Wildman–Crippen MR) is 118 cm³/mol. The summed E-state index contributed by atoms with van der Waals surface area (Å²) >= 11 is 4.24. The van der Waals surface area contributed by atoms with E-state index in [4.69, 9.17) is 0 Å². The van der Waals surface area contributed by atoms with Crippen LogP contribution in [-0.4, -0.2) is 5.16 Å². The number of unbranched alkanes of at least 4 members (excludes halogenated alkanes) is 1. The molecule has 0 atom stereocenters. The molecular weight excluding hydrogens is 422 g/mol. The molecule has 1 fully saturated rings. The van der Waals surface area contributed by atoms with Crippen molar-refractivity contribution in [3.63, 3.8) is 0 Å². The van der Waals surface area contributed by atoms with Gasteiger partial charge in [0.2, 0.25) is 0 Å². The Morgan fingerprint density at radius 2 is 1.52 bits per heavy atom. The van der Waals surface area contributed by atoms with Crippen molar-refractivity contribution in [2.75, 3.05) is 0 Å². The normalized spacial score (nSPS) is 18.1. The van der Waals surface area contributed by atoms with Crippen molar-refractivity contribution in [2.24, 2.45) is 10.9 Å². The summed E-state index contributed by atoms with van der Waals surface area (Å²) in [4.78, 5) is 3.05. The Bertz CT molecular complexity index is 1010. The van der Waals surface area contributed by atoms with Gasteiger partial charge in [-0.15, -0.1) is 0 Å². The van der Waals surface area contributed by atoms with Gasteiger partial charge in [0.25, 0.3) is 0 Å². The fourth-order valence-corrected chi connectivity index (χ4v) is 4.22. The Balaban J connectivity index is 1.74. The molecule has 0 N–H and O–H groups in total. The van der Waals surface area contributed by atoms with E-state index in [0.29, 0.717) is 11.5 Å². The molecule has 0 unspecified atom stereocenters. The lowest BCUT2D eigenvalue weighted by atomic mass is 9.77. The molecule has 0 aliphatic heterocycles. The number of nitrogens with zero attached hydrogens (tertiary/aromatic N) is 1. The lowest BCUT2D eigenvalue weighted by molar-refractivity contribution is 0.304. The molecule has 0 amide bonds. The molecule has 0 spiro atoms. The minimum absolute atomic E-state index is 0.501. The van der Waals surface area contributed by atoms with Crippen LogP contribution in [0.1, 0.15) is 74.5 Å². The maximum Gasteiger partial charge on any atom is 0.189 e. The average Bonchev–Trinajstić information content (AvgIpc) is 2.80. The lowest BCUT2D eigenvalue weighted by Crippen LogP contribution is -2.13. The van der Waals surface area contributed by atoms with Gasteiger partial charge in [0, 0.05) is 5.56 Å². The fourth-order valence-electron chi connectivity index (χ4n) is 4.12. The summed E-state index contributed by atoms with van der Waals surface area (Å²) in [6.07, 6.45) is 8.64. The van der Waals surface area contributed by atoms with E-state index in [1.165, 1.54) is 37.7 Å². The van der Waals surface area contributed by atoms with Crippen LogP contribution < -0.4 is 0 Å². The molecule has 0 saturated heterocycles. The van der Waals surface area contributed by atoms with E-state index in [1.54, 1.807) is 17.3 Å². The van der Waals surface area contributed by atoms with E-state index in [9.17, 15) is 17.6 Å². The molecule has 1 nitrogen and oxygen atoms in total. The second-order valence-electron chi connectivity index (χ2n) is 7.91. The first-order chi connectivity index (χ1) is 15.0. The molecule has 2 aromatic carbocycles. The van der Waals surface area contributed by atoms with Crippen molar-refractivity contribution < 1.29 is 17.6 Å². The number of isothiocyanates is 1. The van der Waals surface area contributed by atoms with E-state index in [1.807, 2.05) is 12.1 Å². The van der Waals surface area contributed by atoms with Crippen LogP contribution in [0.3, 0.4) is 0 Å². The minimum Gasteiger partial charge on any atom is -0.202 e. The third kappa shape index (κ3) is 5.42. The highest BCUT2D eigenvalue weighted by molar-refractivity contribution is 7.78. The largest absolute Gasteiger partial charge is 0.202 e. The summed E-state index contributed by atoms with van der Waals surface area (Å²) in [5.74, 6) is -0.388. The van der Waals surface area contributed by atoms with Gasteiger partial charge in [-0.25, -0.2) is 17.6 Å². The molecule has 0 heterocycles. The molecule has 31 heavy (non-hydrogen) atoms. The van der Waals surface area contributed by atoms with Gasteiger partial charge in [0.1, 0.15) is 5.56 Å². The van der Waals surface area contributed by atoms with Crippen LogP contribution in [0.5, 0.6) is 0 Å². The van der Waals surface area contributed by atoms with Crippen LogP contribution in [0.25, 0.3) is 0 Å². The molecule has 0 bridgehead atoms. The minimum atomic E-state index is -1.65. The van der Waals surface area contributed by atoms with Gasteiger partial charge in [0.15, 0.2) is 29.0 Å². The average molecular weight is 446 g/mol. The Morgan fingerprint density at radius 1 is 0.903 bits per heavy atom. The van der Waals surface area contributed by atoms with Gasteiger partial charge in [-0.05, 0) is 67.4 Å². The third-order valence-corrected chi connectivity index (χ3v) is 6.02. The number of hydrogen-bond acceptors (Lipinski definition) is 2. The second-order valence-corrected chi connectivity index (χ2v) is 8.10. The number of hydrogen-bond donors (Lipinski definition) is 0. The topological polar surface area (TPSA) is 12.4 Å². The van der Waals surface area contributed by atoms with Crippen LogP contribution in [0, 0.1) is 41.0 Å². The Hall–Kier alpha value is -2.48. The van der Waals surface area contributed by atoms with E-state index in [-0.39, 0.29) is 0 Å². The van der Waals surface area contributed by atoms with Crippen LogP contribution in [0.2, 0.25) is 0 Å². The Labute approximate surface area is 185 Å². The highest BCUT2D eigenvalue weighted by atomic mass is 32.1. The third-order valence-electron chi connectivity index (χ3n) is 5.92. The quantitative estimate of drug-likeness (QED) is 0.150. The number of aliphatic imine (C=N–C) groups is 1. The fraction of sp³-hybridized carbons (Fsp3) is 0.400. The monoisotopic (exact) mass is 445 g/mol. The standard InChI is InChI=1S/C25H23F4NS/c1-2-3-4-16-5-10-18(11-6-16)19-12-7-17(8-13-19)9-14-20-21(26)23(28)25(30-15-31)24(29)22(20)27/h7-8,12-13,16,18H,2-6,10-11H2,1H3. The summed E-state index contributed by atoms with van der Waals surface area (Å²) in [5, 5.41) is 1.70. The molecule has 1 saturated carbocycles. The molecule has 1 aliphatic carbocycles. The highest BCUT2D eigenvalue weighted by Crippen LogP contribution is 2.37. The van der Waals surface area contributed by atoms with Crippen molar-refractivity contribution >= 4 is 23.1 Å². The smallest absolute Gasteiger partial charge is 0.189 e. The van der Waals surface area contributed by atoms with E-state index >= 15 is 0 Å². The molecule has 0 radical (unpaired) electrons. The van der Waals surface area contributed by atoms with Gasteiger partial charge < -0.3 is 0 Å². The van der Waals surface area contributed by atoms with Gasteiger partial charge in [-0.1, -0.05) is 50.2 Å². The first-order valence-electron chi connectivity index (χ1n) is 10.5. The van der Waals surface area contributed by atoms with Crippen LogP contribution in [0.15, 0.2) is 29.3 Å². The van der Waals surface area contributed by atoms with E-state index < -0.39 is 34.5 Å². The zero-order valence-corrected chi connectivity index (χ0v) is 18.1. The first kappa shape index (κ1) is 23.2. The molecule has 0 aromatic heterocycles.